The van der Waals surface area contributed by atoms with Crippen molar-refractivity contribution in [1.82, 2.24) is 0 Å². The second kappa shape index (κ2) is 14.0. The minimum absolute atomic E-state index is 0.0242. The van der Waals surface area contributed by atoms with Gasteiger partial charge in [-0.1, -0.05) is 170 Å². The van der Waals surface area contributed by atoms with Crippen LogP contribution in [-0.4, -0.2) is 6.71 Å². The maximum absolute atomic E-state index is 10.4. The van der Waals surface area contributed by atoms with Gasteiger partial charge >= 0.3 is 0 Å². The predicted molar refractivity (Wildman–Crippen MR) is 264 cm³/mol. The van der Waals surface area contributed by atoms with Crippen LogP contribution in [0.3, 0.4) is 0 Å². The zero-order valence-corrected chi connectivity index (χ0v) is 38.1. The maximum Gasteiger partial charge on any atom is 0.252 e. The normalized spacial score (nSPS) is 18.2. The molecule has 2 aliphatic heterocycles. The lowest BCUT2D eigenvalue weighted by Gasteiger charge is -2.45. The fourth-order valence-corrected chi connectivity index (χ4v) is 7.63. The van der Waals surface area contributed by atoms with Gasteiger partial charge in [0.1, 0.15) is 0 Å². The highest BCUT2D eigenvalue weighted by atomic mass is 15.2. The van der Waals surface area contributed by atoms with Gasteiger partial charge in [0.25, 0.3) is 6.71 Å². The van der Waals surface area contributed by atoms with E-state index in [0.29, 0.717) is 5.56 Å². The van der Waals surface area contributed by atoms with Crippen LogP contribution in [0.25, 0.3) is 11.1 Å². The van der Waals surface area contributed by atoms with Crippen molar-refractivity contribution < 1.29 is 23.3 Å². The van der Waals surface area contributed by atoms with Gasteiger partial charge in [-0.15, -0.1) is 0 Å². The summed E-state index contributed by atoms with van der Waals surface area (Å²) >= 11 is 0. The van der Waals surface area contributed by atoms with E-state index in [9.17, 15) is 23.3 Å². The third-order valence-electron chi connectivity index (χ3n) is 11.2. The summed E-state index contributed by atoms with van der Waals surface area (Å²) in [6.45, 7) is 27.0. The zero-order chi connectivity index (χ0) is 58.3. The second-order valence-corrected chi connectivity index (χ2v) is 21.5. The van der Waals surface area contributed by atoms with Crippen LogP contribution < -0.4 is 26.2 Å². The first-order valence-corrected chi connectivity index (χ1v) is 20.9. The van der Waals surface area contributed by atoms with E-state index in [4.69, 9.17) is 0 Å². The number of hydrogen-bond donors (Lipinski definition) is 0. The summed E-state index contributed by atoms with van der Waals surface area (Å²) in [7, 11) is 0. The Bertz CT molecular complexity index is 3550. The summed E-state index contributed by atoms with van der Waals surface area (Å²) in [4.78, 5) is 2.83. The van der Waals surface area contributed by atoms with E-state index in [1.54, 1.807) is 123 Å². The lowest BCUT2D eigenvalue weighted by atomic mass is 9.33. The van der Waals surface area contributed by atoms with Gasteiger partial charge in [0.05, 0.1) is 29.0 Å². The summed E-state index contributed by atoms with van der Waals surface area (Å²) in [6, 6.07) is -3.38. The molecule has 0 radical (unpaired) electrons. The molecule has 60 heavy (non-hydrogen) atoms. The highest BCUT2D eigenvalue weighted by Gasteiger charge is 2.44. The van der Waals surface area contributed by atoms with Gasteiger partial charge in [0.2, 0.25) is 0 Å². The number of nitrogens with zero attached hydrogens (tertiary/aromatic N) is 2. The Kier molecular flexibility index (Phi) is 6.00. The summed E-state index contributed by atoms with van der Waals surface area (Å²) in [5, 5.41) is 0. The average Bonchev–Trinajstić information content (AvgIpc) is 3.26. The largest absolute Gasteiger partial charge is 0.311 e. The molecule has 0 bridgehead atoms. The minimum atomic E-state index is -1.34. The number of benzene rings is 6. The SMILES string of the molecule is [2H]c1c([2H])c(C(C)(C)C)c([2H])c2c1B1c3c(cc(C)cc3N2c2c([2H])c([2H])c(C(C)(C)C)c([2H])c2-c2c([2H])c([2H])c(C(C)(C)C)c([2H])c2[2H])N(c2c([2H])c([2H])c(C(C)(C)C)c([2H])c2[2H])c2c([2H])c([2H])c(C(C)(C)C)c([2H])c21. The van der Waals surface area contributed by atoms with Crippen molar-refractivity contribution in [2.45, 2.75) is 138 Å². The molecule has 0 fully saturated rings. The first kappa shape index (κ1) is 25.7. The topological polar surface area (TPSA) is 6.48 Å². The molecule has 8 rings (SSSR count). The Balaban J connectivity index is 1.74. The Morgan fingerprint density at radius 3 is 1.37 bits per heavy atom. The molecule has 0 amide bonds. The van der Waals surface area contributed by atoms with E-state index >= 15 is 0 Å². The van der Waals surface area contributed by atoms with E-state index in [1.165, 1.54) is 9.80 Å². The molecule has 2 nitrogen and oxygen atoms in total. The molecule has 6 aromatic carbocycles. The van der Waals surface area contributed by atoms with Crippen molar-refractivity contribution in [3.05, 3.63) is 148 Å². The van der Waals surface area contributed by atoms with Crippen LogP contribution in [0, 0.1) is 6.92 Å². The average molecular weight is 808 g/mol. The number of fused-ring (bicyclic) bond motifs is 4. The third-order valence-corrected chi connectivity index (χ3v) is 11.2. The van der Waals surface area contributed by atoms with Gasteiger partial charge in [0.15, 0.2) is 0 Å². The van der Waals surface area contributed by atoms with Crippen LogP contribution in [-0.2, 0) is 27.1 Å². The Morgan fingerprint density at radius 1 is 0.400 bits per heavy atom. The molecule has 0 saturated carbocycles. The molecule has 6 aromatic rings. The van der Waals surface area contributed by atoms with Crippen LogP contribution >= 0.6 is 0 Å². The van der Waals surface area contributed by atoms with Crippen LogP contribution in [0.1, 0.15) is 161 Å². The zero-order valence-electron chi connectivity index (χ0n) is 55.1. The minimum Gasteiger partial charge on any atom is -0.311 e. The molecule has 0 saturated heterocycles. The highest BCUT2D eigenvalue weighted by molar-refractivity contribution is 7.00. The van der Waals surface area contributed by atoms with E-state index < -0.39 is 82.1 Å². The Labute approximate surface area is 387 Å². The molecular weight excluding hydrogens is 723 g/mol. The molecule has 0 unspecified atom stereocenters. The molecule has 2 heterocycles. The molecule has 0 aromatic heterocycles. The summed E-state index contributed by atoms with van der Waals surface area (Å²) in [6.07, 6.45) is 0. The molecule has 3 heteroatoms. The smallest absolute Gasteiger partial charge is 0.252 e. The van der Waals surface area contributed by atoms with Crippen LogP contribution in [0.4, 0.5) is 34.1 Å². The summed E-state index contributed by atoms with van der Waals surface area (Å²) < 4.78 is 167. The van der Waals surface area contributed by atoms with Crippen LogP contribution in [0.5, 0.6) is 0 Å². The monoisotopic (exact) mass is 808 g/mol. The van der Waals surface area contributed by atoms with Crippen molar-refractivity contribution in [3.8, 4) is 11.1 Å². The molecule has 0 aliphatic carbocycles. The Hall–Kier alpha value is -5.02. The molecular formula is C57H67BN2. The first-order chi connectivity index (χ1) is 35.0. The van der Waals surface area contributed by atoms with Gasteiger partial charge in [-0.2, -0.15) is 0 Å². The third kappa shape index (κ3) is 7.31. The van der Waals surface area contributed by atoms with Crippen molar-refractivity contribution in [2.24, 2.45) is 0 Å². The number of anilines is 6. The van der Waals surface area contributed by atoms with E-state index in [1.807, 2.05) is 0 Å². The summed E-state index contributed by atoms with van der Waals surface area (Å²) in [5.41, 5.74) is -4.67. The standard InChI is InChI=1S/C57H67BN2/c1-36-31-50-52-51(32-36)60(47-29-24-40(55(8,9)10)33-44(47)37-17-19-38(20-18-37)53(2,3)4)49-35-42(57(14,15)16)23-28-45(49)58(52)46-34-41(56(11,12)13)25-30-48(46)59(50)43-26-21-39(22-27-43)54(5,6)7/h17-35H,1-16H3/i17D,18D,19D,20D,21D,22D,23D,24D,25D,26D,27D,28D,29D,30D,33D,34D,35D. The number of hydrogen-bond acceptors (Lipinski definition) is 2. The molecule has 2 aliphatic rings. The second-order valence-electron chi connectivity index (χ2n) is 21.5. The van der Waals surface area contributed by atoms with E-state index in [-0.39, 0.29) is 144 Å². The van der Waals surface area contributed by atoms with Gasteiger partial charge < -0.3 is 9.80 Å². The van der Waals surface area contributed by atoms with Crippen molar-refractivity contribution in [1.29, 1.82) is 0 Å². The van der Waals surface area contributed by atoms with Crippen LogP contribution in [0.2, 0.25) is 0 Å². The van der Waals surface area contributed by atoms with E-state index in [2.05, 4.69) is 0 Å². The van der Waals surface area contributed by atoms with Crippen LogP contribution in [0.15, 0.2) is 115 Å². The number of aryl methyl sites for hydroxylation is 1. The number of rotatable bonds is 3. The highest BCUT2D eigenvalue weighted by Crippen LogP contribution is 2.49. The van der Waals surface area contributed by atoms with Crippen molar-refractivity contribution in [3.63, 3.8) is 0 Å². The quantitative estimate of drug-likeness (QED) is 0.164. The lowest BCUT2D eigenvalue weighted by Crippen LogP contribution is -2.61. The van der Waals surface area contributed by atoms with Crippen molar-refractivity contribution >= 4 is 57.2 Å². The fraction of sp³-hybridized carbons (Fsp3) is 0.368. The van der Waals surface area contributed by atoms with Crippen molar-refractivity contribution in [2.75, 3.05) is 9.80 Å². The van der Waals surface area contributed by atoms with Gasteiger partial charge in [-0.05, 0) is 138 Å². The van der Waals surface area contributed by atoms with Gasteiger partial charge in [-0.25, -0.2) is 0 Å². The maximum atomic E-state index is 10.4. The van der Waals surface area contributed by atoms with Gasteiger partial charge in [-0.3, -0.25) is 0 Å². The molecule has 0 N–H and O–H groups in total. The fourth-order valence-electron chi connectivity index (χ4n) is 7.63. The Morgan fingerprint density at radius 2 is 0.833 bits per heavy atom. The first-order valence-electron chi connectivity index (χ1n) is 29.4. The molecule has 0 spiro atoms. The van der Waals surface area contributed by atoms with Gasteiger partial charge in [0, 0.05) is 34.0 Å². The summed E-state index contributed by atoms with van der Waals surface area (Å²) in [5.74, 6) is 0. The molecule has 308 valence electrons. The molecule has 0 atom stereocenters. The van der Waals surface area contributed by atoms with E-state index in [0.717, 1.165) is 0 Å². The predicted octanol–water partition coefficient (Wildman–Crippen LogP) is 14.2. The lowest BCUT2D eigenvalue weighted by molar-refractivity contribution is 0.589.